The predicted octanol–water partition coefficient (Wildman–Crippen LogP) is 1.96. The van der Waals surface area contributed by atoms with Gasteiger partial charge in [0, 0.05) is 33.3 Å². The number of hydrogen-bond donors (Lipinski definition) is 1. The summed E-state index contributed by atoms with van der Waals surface area (Å²) in [6, 6.07) is 3.41. The number of piperidine rings is 1. The summed E-state index contributed by atoms with van der Waals surface area (Å²) >= 11 is 0. The molecular formula is C22H36N2O6S. The summed E-state index contributed by atoms with van der Waals surface area (Å²) in [5.74, 6) is 1.13. The first-order valence-corrected chi connectivity index (χ1v) is 12.2. The van der Waals surface area contributed by atoms with Gasteiger partial charge in [-0.2, -0.15) is 4.31 Å². The molecule has 1 fully saturated rings. The molecule has 0 saturated carbocycles. The maximum atomic E-state index is 13.0. The minimum absolute atomic E-state index is 0.0458. The van der Waals surface area contributed by atoms with Crippen LogP contribution >= 0.6 is 0 Å². The molecule has 9 heteroatoms. The molecule has 0 bridgehead atoms. The van der Waals surface area contributed by atoms with Gasteiger partial charge < -0.3 is 19.5 Å². The molecule has 1 aromatic carbocycles. The number of likely N-dealkylation sites (N-methyl/N-ethyl adjacent to an activating group) is 1. The lowest BCUT2D eigenvalue weighted by molar-refractivity contribution is -0.137. The number of carbonyl (C=O) groups excluding carboxylic acids is 1. The number of amides is 1. The molecule has 176 valence electrons. The average molecular weight is 457 g/mol. The molecular weight excluding hydrogens is 420 g/mol. The highest BCUT2D eigenvalue weighted by Gasteiger charge is 2.26. The van der Waals surface area contributed by atoms with Crippen LogP contribution in [0, 0.1) is 19.8 Å². The molecule has 1 aliphatic rings. The van der Waals surface area contributed by atoms with Gasteiger partial charge in [0.2, 0.25) is 15.9 Å². The largest absolute Gasteiger partial charge is 0.497 e. The van der Waals surface area contributed by atoms with Crippen LogP contribution in [0.25, 0.3) is 0 Å². The molecule has 1 aliphatic heterocycles. The van der Waals surface area contributed by atoms with E-state index in [1.54, 1.807) is 38.0 Å². The summed E-state index contributed by atoms with van der Waals surface area (Å²) in [6.45, 7) is 5.39. The van der Waals surface area contributed by atoms with Crippen LogP contribution in [-0.2, 0) is 19.6 Å². The molecule has 0 aliphatic carbocycles. The van der Waals surface area contributed by atoms with E-state index in [-0.39, 0.29) is 37.2 Å². The molecule has 0 radical (unpaired) electrons. The Morgan fingerprint density at radius 3 is 2.39 bits per heavy atom. The van der Waals surface area contributed by atoms with Crippen LogP contribution in [0.4, 0.5) is 0 Å². The van der Waals surface area contributed by atoms with E-state index in [9.17, 15) is 13.2 Å². The Hall–Kier alpha value is -1.68. The lowest BCUT2D eigenvalue weighted by atomic mass is 9.92. The molecule has 0 unspecified atom stereocenters. The van der Waals surface area contributed by atoms with Gasteiger partial charge in [-0.3, -0.25) is 4.79 Å². The third-order valence-electron chi connectivity index (χ3n) is 5.85. The highest BCUT2D eigenvalue weighted by molar-refractivity contribution is 7.89. The fraction of sp³-hybridized carbons (Fsp3) is 0.682. The lowest BCUT2D eigenvalue weighted by Crippen LogP contribution is -2.41. The van der Waals surface area contributed by atoms with Crippen molar-refractivity contribution in [1.29, 1.82) is 0 Å². The van der Waals surface area contributed by atoms with Gasteiger partial charge >= 0.3 is 0 Å². The van der Waals surface area contributed by atoms with Crippen molar-refractivity contribution in [2.75, 3.05) is 53.6 Å². The van der Waals surface area contributed by atoms with Gasteiger partial charge in [-0.25, -0.2) is 8.42 Å². The Morgan fingerprint density at radius 2 is 1.84 bits per heavy atom. The van der Waals surface area contributed by atoms with Crippen LogP contribution in [0.1, 0.15) is 36.8 Å². The maximum absolute atomic E-state index is 13.0. The van der Waals surface area contributed by atoms with E-state index >= 15 is 0 Å². The fourth-order valence-corrected chi connectivity index (χ4v) is 5.56. The number of aliphatic hydroxyl groups excluding tert-OH is 1. The molecule has 31 heavy (non-hydrogen) atoms. The van der Waals surface area contributed by atoms with Crippen LogP contribution in [-0.4, -0.2) is 82.2 Å². The number of ether oxygens (including phenoxy) is 2. The molecule has 0 aromatic heterocycles. The molecule has 2 rings (SSSR count). The fourth-order valence-electron chi connectivity index (χ4n) is 4.01. The number of rotatable bonds is 11. The van der Waals surface area contributed by atoms with Crippen LogP contribution < -0.4 is 4.74 Å². The number of nitrogens with zero attached hydrogens (tertiary/aromatic N) is 2. The molecule has 1 saturated heterocycles. The second-order valence-electron chi connectivity index (χ2n) is 8.16. The van der Waals surface area contributed by atoms with E-state index in [1.807, 2.05) is 0 Å². The van der Waals surface area contributed by atoms with Crippen molar-refractivity contribution < 1.29 is 27.8 Å². The van der Waals surface area contributed by atoms with Crippen molar-refractivity contribution in [3.05, 3.63) is 23.3 Å². The maximum Gasteiger partial charge on any atom is 0.248 e. The number of benzene rings is 1. The van der Waals surface area contributed by atoms with Crippen molar-refractivity contribution >= 4 is 15.9 Å². The first-order chi connectivity index (χ1) is 14.7. The van der Waals surface area contributed by atoms with Gasteiger partial charge in [-0.1, -0.05) is 0 Å². The van der Waals surface area contributed by atoms with Crippen molar-refractivity contribution in [2.45, 2.75) is 44.4 Å². The van der Waals surface area contributed by atoms with Gasteiger partial charge in [-0.15, -0.1) is 0 Å². The first kappa shape index (κ1) is 25.6. The monoisotopic (exact) mass is 456 g/mol. The summed E-state index contributed by atoms with van der Waals surface area (Å²) in [5.41, 5.74) is 1.25. The number of hydrogen-bond acceptors (Lipinski definition) is 6. The van der Waals surface area contributed by atoms with Crippen molar-refractivity contribution in [1.82, 2.24) is 9.21 Å². The Labute approximate surface area is 186 Å². The van der Waals surface area contributed by atoms with Gasteiger partial charge in [0.1, 0.15) is 12.4 Å². The number of aliphatic hydroxyl groups is 1. The van der Waals surface area contributed by atoms with Gasteiger partial charge in [0.25, 0.3) is 0 Å². The summed E-state index contributed by atoms with van der Waals surface area (Å²) in [6.07, 6.45) is 3.72. The zero-order chi connectivity index (χ0) is 23.0. The molecule has 1 aromatic rings. The zero-order valence-electron chi connectivity index (χ0n) is 19.1. The molecule has 0 atom stereocenters. The van der Waals surface area contributed by atoms with Crippen LogP contribution in [0.15, 0.2) is 17.0 Å². The highest BCUT2D eigenvalue weighted by atomic mass is 32.2. The molecule has 1 amide bonds. The van der Waals surface area contributed by atoms with Crippen LogP contribution in [0.3, 0.4) is 0 Å². The number of likely N-dealkylation sites (tertiary alicyclic amines) is 1. The molecule has 8 nitrogen and oxygen atoms in total. The van der Waals surface area contributed by atoms with Gasteiger partial charge in [-0.05, 0) is 68.7 Å². The predicted molar refractivity (Wildman–Crippen MR) is 119 cm³/mol. The van der Waals surface area contributed by atoms with E-state index in [1.165, 1.54) is 11.4 Å². The van der Waals surface area contributed by atoms with Crippen LogP contribution in [0.5, 0.6) is 5.75 Å². The Balaban J connectivity index is 1.80. The number of carbonyl (C=O) groups is 1. The number of methoxy groups -OCH3 is 1. The minimum Gasteiger partial charge on any atom is -0.497 e. The average Bonchev–Trinajstić information content (AvgIpc) is 2.74. The topological polar surface area (TPSA) is 96.4 Å². The normalized spacial score (nSPS) is 15.5. The smallest absolute Gasteiger partial charge is 0.248 e. The quantitative estimate of drug-likeness (QED) is 0.512. The van der Waals surface area contributed by atoms with Crippen molar-refractivity contribution in [2.24, 2.45) is 5.92 Å². The Morgan fingerprint density at radius 1 is 1.23 bits per heavy atom. The van der Waals surface area contributed by atoms with Crippen LogP contribution in [0.2, 0.25) is 0 Å². The molecule has 0 spiro atoms. The van der Waals surface area contributed by atoms with E-state index in [4.69, 9.17) is 14.6 Å². The van der Waals surface area contributed by atoms with E-state index in [0.29, 0.717) is 35.9 Å². The summed E-state index contributed by atoms with van der Waals surface area (Å²) in [5, 5.41) is 8.93. The second kappa shape index (κ2) is 11.8. The summed E-state index contributed by atoms with van der Waals surface area (Å²) in [4.78, 5) is 14.4. The highest BCUT2D eigenvalue weighted by Crippen LogP contribution is 2.27. The van der Waals surface area contributed by atoms with Gasteiger partial charge in [0.05, 0.1) is 18.6 Å². The molecule has 1 heterocycles. The van der Waals surface area contributed by atoms with Crippen molar-refractivity contribution in [3.63, 3.8) is 0 Å². The lowest BCUT2D eigenvalue weighted by Gasteiger charge is -2.32. The molecule has 1 N–H and O–H groups in total. The first-order valence-electron chi connectivity index (χ1n) is 10.8. The standard InChI is InChI=1S/C22H36N2O6S/c1-17-14-20(29-4)15-18(2)22(17)31(27,28)23(3)11-13-30-16-21(26)24-9-7-19(8-10-24)6-5-12-25/h14-15,19,25H,5-13,16H2,1-4H3. The summed E-state index contributed by atoms with van der Waals surface area (Å²) < 4.78 is 37.9. The third-order valence-corrected chi connectivity index (χ3v) is 8.01. The Bertz CT molecular complexity index is 811. The minimum atomic E-state index is -3.68. The SMILES string of the molecule is COc1cc(C)c(S(=O)(=O)N(C)CCOCC(=O)N2CCC(CCCO)CC2)c(C)c1. The van der Waals surface area contributed by atoms with Crippen molar-refractivity contribution in [3.8, 4) is 5.75 Å². The zero-order valence-corrected chi connectivity index (χ0v) is 19.9. The van der Waals surface area contributed by atoms with E-state index < -0.39 is 10.0 Å². The Kier molecular flexibility index (Phi) is 9.74. The van der Waals surface area contributed by atoms with E-state index in [0.717, 1.165) is 25.7 Å². The second-order valence-corrected chi connectivity index (χ2v) is 10.1. The van der Waals surface area contributed by atoms with E-state index in [2.05, 4.69) is 0 Å². The van der Waals surface area contributed by atoms with Gasteiger partial charge in [0.15, 0.2) is 0 Å². The summed E-state index contributed by atoms with van der Waals surface area (Å²) in [7, 11) is -0.613. The third kappa shape index (κ3) is 6.90. The number of sulfonamides is 1. The number of aryl methyl sites for hydroxylation is 2.